The van der Waals surface area contributed by atoms with Crippen LogP contribution < -0.4 is 4.72 Å². The van der Waals surface area contributed by atoms with E-state index in [4.69, 9.17) is 0 Å². The third-order valence-corrected chi connectivity index (χ3v) is 8.37. The van der Waals surface area contributed by atoms with Gasteiger partial charge in [0.15, 0.2) is 0 Å². The molecule has 0 spiro atoms. The standard InChI is InChI=1S/C27H30N2O2S/c1-20-12-16-24(17-13-20)32(30,31)28-23-9-6-18-29(19-23)27-25-10-4-2-7-21(25)14-15-22-8-3-5-11-26(22)27/h2-5,7-8,10-13,16-17,23,27-28H,6,9,14-15,18-19H2,1H3. The molecule has 1 heterocycles. The normalized spacial score (nSPS) is 19.7. The fourth-order valence-electron chi connectivity index (χ4n) is 5.23. The highest BCUT2D eigenvalue weighted by Crippen LogP contribution is 2.38. The van der Waals surface area contributed by atoms with Gasteiger partial charge in [-0.2, -0.15) is 0 Å². The van der Waals surface area contributed by atoms with Crippen LogP contribution >= 0.6 is 0 Å². The van der Waals surface area contributed by atoms with Gasteiger partial charge in [0.05, 0.1) is 10.9 Å². The highest BCUT2D eigenvalue weighted by Gasteiger charge is 2.33. The van der Waals surface area contributed by atoms with Crippen LogP contribution in [0.25, 0.3) is 0 Å². The van der Waals surface area contributed by atoms with Gasteiger partial charge in [-0.25, -0.2) is 13.1 Å². The monoisotopic (exact) mass is 446 g/mol. The van der Waals surface area contributed by atoms with E-state index in [9.17, 15) is 8.42 Å². The topological polar surface area (TPSA) is 49.4 Å². The molecule has 1 aliphatic heterocycles. The van der Waals surface area contributed by atoms with Crippen LogP contribution in [0.4, 0.5) is 0 Å². The Morgan fingerprint density at radius 2 is 1.44 bits per heavy atom. The molecule has 5 rings (SSSR count). The first-order chi connectivity index (χ1) is 15.5. The number of aryl methyl sites for hydroxylation is 3. The van der Waals surface area contributed by atoms with E-state index in [2.05, 4.69) is 58.2 Å². The molecule has 0 radical (unpaired) electrons. The number of nitrogens with one attached hydrogen (secondary N) is 1. The van der Waals surface area contributed by atoms with Crippen LogP contribution in [0.2, 0.25) is 0 Å². The number of rotatable bonds is 4. The Balaban J connectivity index is 1.44. The summed E-state index contributed by atoms with van der Waals surface area (Å²) in [6.07, 6.45) is 3.92. The number of sulfonamides is 1. The van der Waals surface area contributed by atoms with Crippen LogP contribution in [-0.2, 0) is 22.9 Å². The molecule has 1 aliphatic carbocycles. The molecule has 32 heavy (non-hydrogen) atoms. The zero-order valence-corrected chi connectivity index (χ0v) is 19.3. The second kappa shape index (κ2) is 8.81. The first-order valence-corrected chi connectivity index (χ1v) is 13.0. The molecule has 2 aliphatic rings. The summed E-state index contributed by atoms with van der Waals surface area (Å²) in [4.78, 5) is 2.82. The third kappa shape index (κ3) is 4.25. The van der Waals surface area contributed by atoms with Gasteiger partial charge in [-0.1, -0.05) is 66.2 Å². The maximum Gasteiger partial charge on any atom is 0.240 e. The highest BCUT2D eigenvalue weighted by molar-refractivity contribution is 7.89. The predicted molar refractivity (Wildman–Crippen MR) is 128 cm³/mol. The quantitative estimate of drug-likeness (QED) is 0.636. The number of fused-ring (bicyclic) bond motifs is 2. The number of hydrogen-bond acceptors (Lipinski definition) is 3. The van der Waals surface area contributed by atoms with Crippen molar-refractivity contribution in [3.63, 3.8) is 0 Å². The Labute approximate surface area is 191 Å². The van der Waals surface area contributed by atoms with E-state index < -0.39 is 10.0 Å². The average Bonchev–Trinajstić information content (AvgIpc) is 2.96. The summed E-state index contributed by atoms with van der Waals surface area (Å²) in [7, 11) is -3.54. The number of hydrogen-bond donors (Lipinski definition) is 1. The first kappa shape index (κ1) is 21.4. The van der Waals surface area contributed by atoms with Gasteiger partial charge < -0.3 is 0 Å². The molecule has 1 saturated heterocycles. The van der Waals surface area contributed by atoms with Crippen molar-refractivity contribution in [1.29, 1.82) is 0 Å². The van der Waals surface area contributed by atoms with Crippen LogP contribution in [-0.4, -0.2) is 32.4 Å². The van der Waals surface area contributed by atoms with Crippen molar-refractivity contribution in [2.24, 2.45) is 0 Å². The number of nitrogens with zero attached hydrogens (tertiary/aromatic N) is 1. The fraction of sp³-hybridized carbons (Fsp3) is 0.333. The highest BCUT2D eigenvalue weighted by atomic mass is 32.2. The summed E-state index contributed by atoms with van der Waals surface area (Å²) in [6, 6.07) is 24.6. The van der Waals surface area contributed by atoms with E-state index in [0.29, 0.717) is 11.4 Å². The van der Waals surface area contributed by atoms with Gasteiger partial charge in [-0.15, -0.1) is 0 Å². The summed E-state index contributed by atoms with van der Waals surface area (Å²) in [5, 5.41) is 0. The summed E-state index contributed by atoms with van der Waals surface area (Å²) in [5.41, 5.74) is 6.57. The zero-order chi connectivity index (χ0) is 22.1. The lowest BCUT2D eigenvalue weighted by Gasteiger charge is -2.39. The molecule has 0 aromatic heterocycles. The van der Waals surface area contributed by atoms with Crippen LogP contribution in [0.5, 0.6) is 0 Å². The second-order valence-electron chi connectivity index (χ2n) is 9.07. The fourth-order valence-corrected chi connectivity index (χ4v) is 6.49. The van der Waals surface area contributed by atoms with E-state index in [0.717, 1.165) is 37.8 Å². The molecule has 0 saturated carbocycles. The van der Waals surface area contributed by atoms with E-state index in [1.165, 1.54) is 22.3 Å². The Morgan fingerprint density at radius 1 is 0.844 bits per heavy atom. The molecule has 4 nitrogen and oxygen atoms in total. The molecule has 0 bridgehead atoms. The number of piperidine rings is 1. The van der Waals surface area contributed by atoms with Crippen molar-refractivity contribution in [3.05, 3.63) is 101 Å². The minimum atomic E-state index is -3.54. The predicted octanol–water partition coefficient (Wildman–Crippen LogP) is 4.63. The van der Waals surface area contributed by atoms with E-state index >= 15 is 0 Å². The Hall–Kier alpha value is -2.47. The van der Waals surface area contributed by atoms with Crippen molar-refractivity contribution in [1.82, 2.24) is 9.62 Å². The summed E-state index contributed by atoms with van der Waals surface area (Å²) in [6.45, 7) is 3.64. The van der Waals surface area contributed by atoms with Gasteiger partial charge >= 0.3 is 0 Å². The SMILES string of the molecule is Cc1ccc(S(=O)(=O)NC2CCCN(C3c4ccccc4CCc4ccccc43)C2)cc1. The van der Waals surface area contributed by atoms with Gasteiger partial charge in [0.2, 0.25) is 10.0 Å². The molecule has 1 unspecified atom stereocenters. The van der Waals surface area contributed by atoms with Crippen molar-refractivity contribution in [2.75, 3.05) is 13.1 Å². The summed E-state index contributed by atoms with van der Waals surface area (Å²) in [5.74, 6) is 0. The third-order valence-electron chi connectivity index (χ3n) is 6.83. The van der Waals surface area contributed by atoms with Crippen molar-refractivity contribution in [3.8, 4) is 0 Å². The minimum absolute atomic E-state index is 0.0994. The molecular weight excluding hydrogens is 416 g/mol. The van der Waals surface area contributed by atoms with Gasteiger partial charge in [0, 0.05) is 12.6 Å². The molecule has 3 aromatic carbocycles. The van der Waals surface area contributed by atoms with Gasteiger partial charge in [0.1, 0.15) is 0 Å². The Morgan fingerprint density at radius 3 is 2.06 bits per heavy atom. The van der Waals surface area contributed by atoms with Crippen molar-refractivity contribution < 1.29 is 8.42 Å². The van der Waals surface area contributed by atoms with Crippen molar-refractivity contribution >= 4 is 10.0 Å². The molecule has 1 fully saturated rings. The first-order valence-electron chi connectivity index (χ1n) is 11.5. The zero-order valence-electron chi connectivity index (χ0n) is 18.5. The molecule has 166 valence electrons. The number of likely N-dealkylation sites (tertiary alicyclic amines) is 1. The molecule has 1 atom stereocenters. The average molecular weight is 447 g/mol. The van der Waals surface area contributed by atoms with Gasteiger partial charge in [0.25, 0.3) is 0 Å². The Bertz CT molecular complexity index is 1160. The van der Waals surface area contributed by atoms with E-state index in [1.54, 1.807) is 12.1 Å². The Kier molecular flexibility index (Phi) is 5.89. The van der Waals surface area contributed by atoms with Crippen molar-refractivity contribution in [2.45, 2.75) is 49.6 Å². The molecule has 5 heteroatoms. The van der Waals surface area contributed by atoms with Crippen LogP contribution in [0.15, 0.2) is 77.7 Å². The molecule has 1 N–H and O–H groups in total. The summed E-state index contributed by atoms with van der Waals surface area (Å²) >= 11 is 0. The molecular formula is C27H30N2O2S. The van der Waals surface area contributed by atoms with Crippen LogP contribution in [0.3, 0.4) is 0 Å². The van der Waals surface area contributed by atoms with E-state index in [1.807, 2.05) is 19.1 Å². The minimum Gasteiger partial charge on any atom is -0.291 e. The lowest BCUT2D eigenvalue weighted by Crippen LogP contribution is -2.49. The van der Waals surface area contributed by atoms with Crippen LogP contribution in [0.1, 0.15) is 46.7 Å². The summed E-state index contributed by atoms with van der Waals surface area (Å²) < 4.78 is 29.0. The number of benzene rings is 3. The lowest BCUT2D eigenvalue weighted by molar-refractivity contribution is 0.165. The maximum atomic E-state index is 13.0. The van der Waals surface area contributed by atoms with Crippen LogP contribution in [0, 0.1) is 6.92 Å². The molecule has 3 aromatic rings. The van der Waals surface area contributed by atoms with E-state index in [-0.39, 0.29) is 12.1 Å². The van der Waals surface area contributed by atoms with Gasteiger partial charge in [-0.05, 0) is 73.5 Å². The molecule has 0 amide bonds. The van der Waals surface area contributed by atoms with Gasteiger partial charge in [-0.3, -0.25) is 4.90 Å². The maximum absolute atomic E-state index is 13.0. The lowest BCUT2D eigenvalue weighted by atomic mass is 9.91. The smallest absolute Gasteiger partial charge is 0.240 e. The second-order valence-corrected chi connectivity index (χ2v) is 10.8. The largest absolute Gasteiger partial charge is 0.291 e.